The van der Waals surface area contributed by atoms with Gasteiger partial charge in [-0.15, -0.1) is 0 Å². The number of hydrogen-bond acceptors (Lipinski definition) is 0. The third-order valence-electron chi connectivity index (χ3n) is 2.11. The highest BCUT2D eigenvalue weighted by Gasteiger charge is 2.01. The molecule has 0 aromatic heterocycles. The second kappa shape index (κ2) is 3.77. The van der Waals surface area contributed by atoms with Gasteiger partial charge in [0, 0.05) is 5.02 Å². The molecule has 0 heterocycles. The molecule has 0 radical (unpaired) electrons. The van der Waals surface area contributed by atoms with E-state index >= 15 is 0 Å². The van der Waals surface area contributed by atoms with Crippen molar-refractivity contribution < 1.29 is 0 Å². The van der Waals surface area contributed by atoms with Crippen molar-refractivity contribution in [3.63, 3.8) is 0 Å². The van der Waals surface area contributed by atoms with Crippen LogP contribution < -0.4 is 0 Å². The normalized spacial score (nSPS) is 11.0. The first-order chi connectivity index (χ1) is 5.66. The predicted octanol–water partition coefficient (Wildman–Crippen LogP) is 3.99. The van der Waals surface area contributed by atoms with Crippen LogP contribution in [0.2, 0.25) is 5.02 Å². The SMILES string of the molecule is CC=Cc1ccc(Cl)c(C)c1C. The molecular formula is C11H13Cl. The van der Waals surface area contributed by atoms with Crippen LogP contribution in [0.3, 0.4) is 0 Å². The molecule has 0 fully saturated rings. The van der Waals surface area contributed by atoms with Gasteiger partial charge in [-0.2, -0.15) is 0 Å². The highest BCUT2D eigenvalue weighted by molar-refractivity contribution is 6.31. The zero-order chi connectivity index (χ0) is 9.14. The van der Waals surface area contributed by atoms with Crippen LogP contribution in [0.4, 0.5) is 0 Å². The summed E-state index contributed by atoms with van der Waals surface area (Å²) in [6.07, 6.45) is 4.13. The van der Waals surface area contributed by atoms with Gasteiger partial charge in [-0.3, -0.25) is 0 Å². The Morgan fingerprint density at radius 2 is 1.83 bits per heavy atom. The van der Waals surface area contributed by atoms with Crippen LogP contribution in [0.1, 0.15) is 23.6 Å². The lowest BCUT2D eigenvalue weighted by Gasteiger charge is -2.05. The fourth-order valence-electron chi connectivity index (χ4n) is 1.17. The van der Waals surface area contributed by atoms with Gasteiger partial charge in [0.25, 0.3) is 0 Å². The first-order valence-electron chi connectivity index (χ1n) is 4.05. The molecule has 1 rings (SSSR count). The smallest absolute Gasteiger partial charge is 0.0438 e. The molecule has 0 nitrogen and oxygen atoms in total. The molecule has 0 atom stereocenters. The Bertz CT molecular complexity index is 311. The molecule has 12 heavy (non-hydrogen) atoms. The number of hydrogen-bond donors (Lipinski definition) is 0. The largest absolute Gasteiger partial charge is 0.0871 e. The van der Waals surface area contributed by atoms with Gasteiger partial charge in [0.2, 0.25) is 0 Å². The summed E-state index contributed by atoms with van der Waals surface area (Å²) in [7, 11) is 0. The van der Waals surface area contributed by atoms with Crippen LogP contribution in [-0.4, -0.2) is 0 Å². The Labute approximate surface area is 78.9 Å². The van der Waals surface area contributed by atoms with Gasteiger partial charge in [0.05, 0.1) is 0 Å². The van der Waals surface area contributed by atoms with E-state index < -0.39 is 0 Å². The second-order valence-corrected chi connectivity index (χ2v) is 3.29. The maximum Gasteiger partial charge on any atom is 0.0438 e. The van der Waals surface area contributed by atoms with E-state index in [1.165, 1.54) is 16.7 Å². The molecule has 0 saturated heterocycles. The van der Waals surface area contributed by atoms with Crippen molar-refractivity contribution in [2.75, 3.05) is 0 Å². The second-order valence-electron chi connectivity index (χ2n) is 2.89. The summed E-state index contributed by atoms with van der Waals surface area (Å²) < 4.78 is 0. The molecule has 64 valence electrons. The molecule has 0 aliphatic rings. The van der Waals surface area contributed by atoms with Crippen LogP contribution >= 0.6 is 11.6 Å². The number of rotatable bonds is 1. The van der Waals surface area contributed by atoms with Crippen molar-refractivity contribution in [2.45, 2.75) is 20.8 Å². The van der Waals surface area contributed by atoms with Crippen LogP contribution in [-0.2, 0) is 0 Å². The molecular weight excluding hydrogens is 168 g/mol. The van der Waals surface area contributed by atoms with E-state index in [-0.39, 0.29) is 0 Å². The molecule has 1 aromatic carbocycles. The summed E-state index contributed by atoms with van der Waals surface area (Å²) in [4.78, 5) is 0. The molecule has 0 amide bonds. The standard InChI is InChI=1S/C11H13Cl/c1-4-5-10-6-7-11(12)9(3)8(10)2/h4-7H,1-3H3. The van der Waals surface area contributed by atoms with Gasteiger partial charge in [0.15, 0.2) is 0 Å². The van der Waals surface area contributed by atoms with Crippen LogP contribution in [0, 0.1) is 13.8 Å². The first kappa shape index (κ1) is 9.34. The van der Waals surface area contributed by atoms with Gasteiger partial charge >= 0.3 is 0 Å². The summed E-state index contributed by atoms with van der Waals surface area (Å²) in [6.45, 7) is 6.16. The third-order valence-corrected chi connectivity index (χ3v) is 2.52. The molecule has 1 aromatic rings. The molecule has 0 unspecified atom stereocenters. The minimum absolute atomic E-state index is 0.848. The highest BCUT2D eigenvalue weighted by Crippen LogP contribution is 2.22. The molecule has 0 N–H and O–H groups in total. The summed E-state index contributed by atoms with van der Waals surface area (Å²) in [6, 6.07) is 3.99. The minimum atomic E-state index is 0.848. The fourth-order valence-corrected chi connectivity index (χ4v) is 1.37. The van der Waals surface area contributed by atoms with Crippen LogP contribution in [0.15, 0.2) is 18.2 Å². The minimum Gasteiger partial charge on any atom is -0.0871 e. The fraction of sp³-hybridized carbons (Fsp3) is 0.273. The molecule has 0 bridgehead atoms. The maximum absolute atomic E-state index is 5.96. The average Bonchev–Trinajstić information content (AvgIpc) is 2.07. The van der Waals surface area contributed by atoms with Crippen molar-refractivity contribution >= 4 is 17.7 Å². The summed E-state index contributed by atoms with van der Waals surface area (Å²) >= 11 is 5.96. The van der Waals surface area contributed by atoms with Crippen LogP contribution in [0.5, 0.6) is 0 Å². The quantitative estimate of drug-likeness (QED) is 0.613. The van der Waals surface area contributed by atoms with E-state index in [9.17, 15) is 0 Å². The highest BCUT2D eigenvalue weighted by atomic mass is 35.5. The summed E-state index contributed by atoms with van der Waals surface area (Å²) in [5.74, 6) is 0. The molecule has 1 heteroatoms. The van der Waals surface area contributed by atoms with Gasteiger partial charge in [-0.1, -0.05) is 29.8 Å². The number of allylic oxidation sites excluding steroid dienone is 1. The number of halogens is 1. The van der Waals surface area contributed by atoms with Gasteiger partial charge in [-0.05, 0) is 43.5 Å². The average molecular weight is 181 g/mol. The maximum atomic E-state index is 5.96. The summed E-state index contributed by atoms with van der Waals surface area (Å²) in [5, 5.41) is 0.848. The monoisotopic (exact) mass is 180 g/mol. The zero-order valence-corrected chi connectivity index (χ0v) is 8.44. The Kier molecular flexibility index (Phi) is 2.93. The molecule has 0 spiro atoms. The summed E-state index contributed by atoms with van der Waals surface area (Å²) in [5.41, 5.74) is 3.69. The number of benzene rings is 1. The Morgan fingerprint density at radius 3 is 2.42 bits per heavy atom. The first-order valence-corrected chi connectivity index (χ1v) is 4.43. The van der Waals surface area contributed by atoms with E-state index in [1.54, 1.807) is 0 Å². The van der Waals surface area contributed by atoms with E-state index in [1.807, 2.05) is 32.1 Å². The lowest BCUT2D eigenvalue weighted by Crippen LogP contribution is -1.86. The van der Waals surface area contributed by atoms with Crippen molar-refractivity contribution in [1.82, 2.24) is 0 Å². The third kappa shape index (κ3) is 1.70. The van der Waals surface area contributed by atoms with E-state index in [2.05, 4.69) is 13.0 Å². The lowest BCUT2D eigenvalue weighted by molar-refractivity contribution is 1.32. The molecule has 0 aliphatic heterocycles. The van der Waals surface area contributed by atoms with Crippen LogP contribution in [0.25, 0.3) is 6.08 Å². The Morgan fingerprint density at radius 1 is 1.17 bits per heavy atom. The van der Waals surface area contributed by atoms with Crippen molar-refractivity contribution in [3.05, 3.63) is 39.9 Å². The predicted molar refractivity (Wildman–Crippen MR) is 55.6 cm³/mol. The topological polar surface area (TPSA) is 0 Å². The van der Waals surface area contributed by atoms with Crippen molar-refractivity contribution in [3.8, 4) is 0 Å². The zero-order valence-electron chi connectivity index (χ0n) is 7.69. The van der Waals surface area contributed by atoms with E-state index in [0.29, 0.717) is 0 Å². The van der Waals surface area contributed by atoms with Crippen molar-refractivity contribution in [2.24, 2.45) is 0 Å². The molecule has 0 saturated carbocycles. The lowest BCUT2D eigenvalue weighted by atomic mass is 10.0. The van der Waals surface area contributed by atoms with Gasteiger partial charge in [-0.25, -0.2) is 0 Å². The van der Waals surface area contributed by atoms with E-state index in [4.69, 9.17) is 11.6 Å². The Balaban J connectivity index is 3.26. The van der Waals surface area contributed by atoms with Crippen molar-refractivity contribution in [1.29, 1.82) is 0 Å². The van der Waals surface area contributed by atoms with Gasteiger partial charge < -0.3 is 0 Å². The molecule has 0 aliphatic carbocycles. The van der Waals surface area contributed by atoms with Gasteiger partial charge in [0.1, 0.15) is 0 Å². The van der Waals surface area contributed by atoms with E-state index in [0.717, 1.165) is 5.02 Å². The Hall–Kier alpha value is -0.750.